The molecule has 0 spiro atoms. The van der Waals surface area contributed by atoms with Crippen LogP contribution in [0.25, 0.3) is 0 Å². The van der Waals surface area contributed by atoms with Gasteiger partial charge in [0.05, 0.1) is 23.1 Å². The summed E-state index contributed by atoms with van der Waals surface area (Å²) in [6.07, 6.45) is 0. The Morgan fingerprint density at radius 3 is 1.83 bits per heavy atom. The van der Waals surface area contributed by atoms with Gasteiger partial charge in [-0.05, 0) is 59.0 Å². The van der Waals surface area contributed by atoms with E-state index < -0.39 is 30.3 Å². The monoisotopic (exact) mass is 542 g/mol. The van der Waals surface area contributed by atoms with E-state index in [1.165, 1.54) is 11.0 Å². The number of hydrogen-bond donors (Lipinski definition) is 1. The van der Waals surface area contributed by atoms with Crippen LogP contribution < -0.4 is 10.2 Å². The first-order chi connectivity index (χ1) is 19.9. The molecule has 4 aromatic carbocycles. The molecule has 1 N–H and O–H groups in total. The molecule has 1 heterocycles. The number of carbonyl (C=O) groups is 4. The highest BCUT2D eigenvalue weighted by molar-refractivity contribution is 6.23. The number of imide groups is 1. The predicted octanol–water partition coefficient (Wildman–Crippen LogP) is 5.19. The van der Waals surface area contributed by atoms with Crippen molar-refractivity contribution < 1.29 is 23.9 Å². The van der Waals surface area contributed by atoms with E-state index in [-0.39, 0.29) is 29.2 Å². The fraction of sp³-hybridized carbons (Fsp3) is 0.176. The second kappa shape index (κ2) is 9.55. The summed E-state index contributed by atoms with van der Waals surface area (Å²) < 4.78 is 5.26. The number of hydrogen-bond acceptors (Lipinski definition) is 5. The molecule has 41 heavy (non-hydrogen) atoms. The smallest absolute Gasteiger partial charge is 0.338 e. The van der Waals surface area contributed by atoms with Gasteiger partial charge in [0, 0.05) is 17.5 Å². The molecule has 1 aliphatic heterocycles. The Kier molecular flexibility index (Phi) is 5.82. The summed E-state index contributed by atoms with van der Waals surface area (Å²) in [4.78, 5) is 54.5. The average molecular weight is 543 g/mol. The van der Waals surface area contributed by atoms with E-state index in [9.17, 15) is 19.2 Å². The minimum atomic E-state index is -0.719. The topological polar surface area (TPSA) is 92.8 Å². The Morgan fingerprint density at radius 2 is 1.27 bits per heavy atom. The fourth-order valence-electron chi connectivity index (χ4n) is 6.82. The Balaban J connectivity index is 1.14. The second-order valence-corrected chi connectivity index (χ2v) is 10.8. The van der Waals surface area contributed by atoms with E-state index in [1.54, 1.807) is 30.3 Å². The molecule has 4 aromatic rings. The number of benzene rings is 4. The van der Waals surface area contributed by atoms with E-state index in [2.05, 4.69) is 29.6 Å². The lowest BCUT2D eigenvalue weighted by Crippen LogP contribution is -2.41. The van der Waals surface area contributed by atoms with E-state index in [0.29, 0.717) is 11.4 Å². The van der Waals surface area contributed by atoms with Gasteiger partial charge in [-0.2, -0.15) is 0 Å². The minimum absolute atomic E-state index is 0.149. The number of amides is 3. The van der Waals surface area contributed by atoms with Crippen molar-refractivity contribution in [2.45, 2.75) is 18.8 Å². The average Bonchev–Trinajstić information content (AvgIpc) is 3.27. The summed E-state index contributed by atoms with van der Waals surface area (Å²) in [5, 5.41) is 2.73. The Labute approximate surface area is 236 Å². The summed E-state index contributed by atoms with van der Waals surface area (Å²) in [7, 11) is 0. The molecular formula is C34H26N2O5. The maximum atomic E-state index is 14.0. The minimum Gasteiger partial charge on any atom is -0.452 e. The van der Waals surface area contributed by atoms with Crippen LogP contribution in [0.3, 0.4) is 0 Å². The lowest BCUT2D eigenvalue weighted by atomic mass is 9.55. The SMILES string of the molecule is Cc1ccccc1NC(=O)COC(=O)c1cccc(N2C(=O)[C@@H]3C4c5ccccc5C(c5ccccc54)[C@H]3C2=O)c1. The number of aryl methyl sites for hydroxylation is 1. The predicted molar refractivity (Wildman–Crippen MR) is 153 cm³/mol. The molecule has 7 heteroatoms. The van der Waals surface area contributed by atoms with Gasteiger partial charge in [-0.1, -0.05) is 72.8 Å². The van der Waals surface area contributed by atoms with Crippen molar-refractivity contribution in [3.8, 4) is 0 Å². The van der Waals surface area contributed by atoms with Crippen LogP contribution >= 0.6 is 0 Å². The molecule has 0 saturated carbocycles. The number of rotatable bonds is 5. The maximum absolute atomic E-state index is 14.0. The van der Waals surface area contributed by atoms with Crippen LogP contribution in [0.5, 0.6) is 0 Å². The Hall–Kier alpha value is -5.04. The van der Waals surface area contributed by atoms with Gasteiger partial charge in [0.15, 0.2) is 6.61 Å². The molecule has 0 radical (unpaired) electrons. The van der Waals surface area contributed by atoms with Crippen LogP contribution in [0.15, 0.2) is 97.1 Å². The molecule has 3 aliphatic carbocycles. The van der Waals surface area contributed by atoms with Crippen molar-refractivity contribution in [1.82, 2.24) is 0 Å². The molecule has 3 amide bonds. The molecule has 202 valence electrons. The highest BCUT2D eigenvalue weighted by atomic mass is 16.5. The lowest BCUT2D eigenvalue weighted by Gasteiger charge is -2.45. The summed E-state index contributed by atoms with van der Waals surface area (Å²) in [5.41, 5.74) is 6.39. The zero-order valence-corrected chi connectivity index (χ0v) is 22.2. The normalized spacial score (nSPS) is 21.6. The summed E-state index contributed by atoms with van der Waals surface area (Å²) >= 11 is 0. The quantitative estimate of drug-likeness (QED) is 0.277. The molecule has 2 atom stereocenters. The van der Waals surface area contributed by atoms with Crippen LogP contribution in [-0.4, -0.2) is 30.3 Å². The molecule has 4 aliphatic rings. The van der Waals surface area contributed by atoms with E-state index in [0.717, 1.165) is 27.8 Å². The van der Waals surface area contributed by atoms with E-state index >= 15 is 0 Å². The lowest BCUT2D eigenvalue weighted by molar-refractivity contribution is -0.122. The number of anilines is 2. The van der Waals surface area contributed by atoms with Crippen LogP contribution in [0.2, 0.25) is 0 Å². The van der Waals surface area contributed by atoms with Gasteiger partial charge >= 0.3 is 5.97 Å². The largest absolute Gasteiger partial charge is 0.452 e. The standard InChI is InChI=1S/C34H26N2O5/c1-19-9-2-7-16-26(19)35-27(37)18-41-34(40)20-10-8-11-21(17-20)36-32(38)30-28-22-12-3-4-13-23(22)29(31(30)33(36)39)25-15-6-5-14-24(25)28/h2-17,28-31H,18H2,1H3,(H,35,37)/t28?,29?,30-,31-/m1/s1. The van der Waals surface area contributed by atoms with Gasteiger partial charge in [-0.3, -0.25) is 14.4 Å². The van der Waals surface area contributed by atoms with Gasteiger partial charge < -0.3 is 10.1 Å². The van der Waals surface area contributed by atoms with Gasteiger partial charge in [0.1, 0.15) is 0 Å². The summed E-state index contributed by atoms with van der Waals surface area (Å²) in [6.45, 7) is 1.40. The van der Waals surface area contributed by atoms with Crippen molar-refractivity contribution in [2.24, 2.45) is 11.8 Å². The highest BCUT2D eigenvalue weighted by Crippen LogP contribution is 2.61. The molecule has 0 aromatic heterocycles. The van der Waals surface area contributed by atoms with Crippen molar-refractivity contribution in [2.75, 3.05) is 16.8 Å². The highest BCUT2D eigenvalue weighted by Gasteiger charge is 2.61. The second-order valence-electron chi connectivity index (χ2n) is 10.8. The van der Waals surface area contributed by atoms with Crippen LogP contribution in [-0.2, 0) is 19.1 Å². The number of carbonyl (C=O) groups excluding carboxylic acids is 4. The molecule has 1 saturated heterocycles. The van der Waals surface area contributed by atoms with Crippen LogP contribution in [0, 0.1) is 18.8 Å². The van der Waals surface area contributed by atoms with E-state index in [4.69, 9.17) is 4.74 Å². The molecule has 1 fully saturated rings. The van der Waals surface area contributed by atoms with Gasteiger partial charge in [0.25, 0.3) is 5.91 Å². The molecule has 8 rings (SSSR count). The van der Waals surface area contributed by atoms with Gasteiger partial charge in [-0.15, -0.1) is 0 Å². The van der Waals surface area contributed by atoms with Gasteiger partial charge in [-0.25, -0.2) is 9.69 Å². The van der Waals surface area contributed by atoms with Crippen molar-refractivity contribution >= 4 is 35.1 Å². The third-order valence-corrected chi connectivity index (χ3v) is 8.54. The van der Waals surface area contributed by atoms with Crippen molar-refractivity contribution in [3.63, 3.8) is 0 Å². The van der Waals surface area contributed by atoms with Crippen LogP contribution in [0.1, 0.15) is 50.0 Å². The summed E-state index contributed by atoms with van der Waals surface area (Å²) in [5.74, 6) is -3.16. The third kappa shape index (κ3) is 3.88. The van der Waals surface area contributed by atoms with E-state index in [1.807, 2.05) is 43.3 Å². The molecular weight excluding hydrogens is 516 g/mol. The first kappa shape index (κ1) is 25.0. The zero-order valence-electron chi connectivity index (χ0n) is 22.2. The van der Waals surface area contributed by atoms with Crippen molar-refractivity contribution in [1.29, 1.82) is 0 Å². The summed E-state index contributed by atoms with van der Waals surface area (Å²) in [6, 6.07) is 29.8. The number of nitrogens with one attached hydrogen (secondary N) is 1. The number of esters is 1. The number of para-hydroxylation sites is 1. The molecule has 2 bridgehead atoms. The van der Waals surface area contributed by atoms with Crippen molar-refractivity contribution in [3.05, 3.63) is 130 Å². The van der Waals surface area contributed by atoms with Gasteiger partial charge in [0.2, 0.25) is 11.8 Å². The first-order valence-corrected chi connectivity index (χ1v) is 13.6. The fourth-order valence-corrected chi connectivity index (χ4v) is 6.82. The Bertz CT molecular complexity index is 1650. The molecule has 7 nitrogen and oxygen atoms in total. The third-order valence-electron chi connectivity index (χ3n) is 8.54. The molecule has 0 unspecified atom stereocenters. The zero-order chi connectivity index (χ0) is 28.2. The number of nitrogens with zero attached hydrogens (tertiary/aromatic N) is 1. The maximum Gasteiger partial charge on any atom is 0.338 e. The number of ether oxygens (including phenoxy) is 1. The Morgan fingerprint density at radius 1 is 0.732 bits per heavy atom. The first-order valence-electron chi connectivity index (χ1n) is 13.6. The van der Waals surface area contributed by atoms with Crippen LogP contribution in [0.4, 0.5) is 11.4 Å².